The van der Waals surface area contributed by atoms with Crippen molar-refractivity contribution in [2.75, 3.05) is 0 Å². The van der Waals surface area contributed by atoms with Gasteiger partial charge in [0.25, 0.3) is 0 Å². The summed E-state index contributed by atoms with van der Waals surface area (Å²) in [5, 5.41) is 0. The molecule has 0 radical (unpaired) electrons. The van der Waals surface area contributed by atoms with E-state index in [0.717, 1.165) is 36.8 Å². The quantitative estimate of drug-likeness (QED) is 0.393. The molecule has 0 saturated heterocycles. The Morgan fingerprint density at radius 2 is 1.28 bits per heavy atom. The van der Waals surface area contributed by atoms with E-state index in [1.54, 1.807) is 36.4 Å². The molecule has 6 heteroatoms. The van der Waals surface area contributed by atoms with Crippen LogP contribution in [0.4, 0.5) is 11.4 Å². The van der Waals surface area contributed by atoms with Crippen LogP contribution in [0.15, 0.2) is 99.6 Å². The summed E-state index contributed by atoms with van der Waals surface area (Å²) < 4.78 is 0. The number of allylic oxidation sites excluding steroid dienone is 5. The fourth-order valence-corrected chi connectivity index (χ4v) is 3.77. The fraction of sp³-hybridized carbons (Fsp3) is 0.192. The standard InChI is InChI=1S/C26H21N3O3/c30-18-27-23-8-3-5-21(15-23)10-13-26(12-2-1-7-25(17-26)29-20-32)14-11-22-6-4-9-24(16-22)28-19-31/h1-9,12,15-17H,10-11,13-14H2. The molecule has 0 saturated carbocycles. The average Bonchev–Trinajstić information content (AvgIpc) is 3.00. The van der Waals surface area contributed by atoms with Crippen molar-refractivity contribution in [3.8, 4) is 0 Å². The second-order valence-electron chi connectivity index (χ2n) is 7.47. The molecular formula is C26H21N3O3. The summed E-state index contributed by atoms with van der Waals surface area (Å²) in [6.07, 6.45) is 17.5. The molecule has 0 atom stereocenters. The molecule has 0 fully saturated rings. The number of nitrogens with zero attached hydrogens (tertiary/aromatic N) is 3. The third-order valence-corrected chi connectivity index (χ3v) is 5.35. The third kappa shape index (κ3) is 6.40. The van der Waals surface area contributed by atoms with Crippen molar-refractivity contribution in [2.45, 2.75) is 25.7 Å². The number of isocyanates is 3. The molecular weight excluding hydrogens is 402 g/mol. The number of benzene rings is 2. The maximum absolute atomic E-state index is 10.9. The van der Waals surface area contributed by atoms with Crippen LogP contribution < -0.4 is 0 Å². The summed E-state index contributed by atoms with van der Waals surface area (Å²) in [4.78, 5) is 43.3. The van der Waals surface area contributed by atoms with Gasteiger partial charge in [-0.25, -0.2) is 14.4 Å². The molecule has 158 valence electrons. The van der Waals surface area contributed by atoms with Crippen molar-refractivity contribution in [1.82, 2.24) is 0 Å². The maximum atomic E-state index is 10.9. The Bertz CT molecular complexity index is 1140. The highest BCUT2D eigenvalue weighted by Gasteiger charge is 2.26. The minimum absolute atomic E-state index is 0.368. The smallest absolute Gasteiger partial charge is 0.211 e. The molecule has 3 rings (SSSR count). The van der Waals surface area contributed by atoms with E-state index < -0.39 is 0 Å². The first-order valence-electron chi connectivity index (χ1n) is 10.2. The average molecular weight is 423 g/mol. The Morgan fingerprint density at radius 3 is 1.81 bits per heavy atom. The van der Waals surface area contributed by atoms with Crippen LogP contribution >= 0.6 is 0 Å². The number of rotatable bonds is 9. The van der Waals surface area contributed by atoms with Crippen LogP contribution in [0.5, 0.6) is 0 Å². The zero-order valence-corrected chi connectivity index (χ0v) is 17.4. The largest absolute Gasteiger partial charge is 0.240 e. The Balaban J connectivity index is 1.87. The minimum Gasteiger partial charge on any atom is -0.211 e. The molecule has 0 spiro atoms. The number of hydrogen-bond acceptors (Lipinski definition) is 6. The molecule has 2 aromatic carbocycles. The highest BCUT2D eigenvalue weighted by atomic mass is 16.1. The van der Waals surface area contributed by atoms with Crippen LogP contribution in [-0.2, 0) is 27.2 Å². The van der Waals surface area contributed by atoms with Gasteiger partial charge in [-0.1, -0.05) is 42.5 Å². The molecule has 0 aromatic heterocycles. The molecule has 0 N–H and O–H groups in total. The normalized spacial score (nSPS) is 16.7. The molecule has 0 bridgehead atoms. The second kappa shape index (κ2) is 11.3. The van der Waals surface area contributed by atoms with Crippen LogP contribution in [-0.4, -0.2) is 18.2 Å². The molecule has 6 nitrogen and oxygen atoms in total. The Morgan fingerprint density at radius 1 is 0.719 bits per heavy atom. The molecule has 0 amide bonds. The predicted molar refractivity (Wildman–Crippen MR) is 122 cm³/mol. The third-order valence-electron chi connectivity index (χ3n) is 5.35. The van der Waals surface area contributed by atoms with E-state index in [1.165, 1.54) is 0 Å². The Hall–Kier alpha value is -4.20. The first kappa shape index (κ1) is 22.5. The van der Waals surface area contributed by atoms with Crippen molar-refractivity contribution in [2.24, 2.45) is 20.4 Å². The lowest BCUT2D eigenvalue weighted by atomic mass is 9.76. The lowest BCUT2D eigenvalue weighted by molar-refractivity contribution is 0.413. The highest BCUT2D eigenvalue weighted by Crippen LogP contribution is 2.37. The van der Waals surface area contributed by atoms with Gasteiger partial charge in [0.2, 0.25) is 18.2 Å². The topological polar surface area (TPSA) is 88.3 Å². The zero-order valence-electron chi connectivity index (χ0n) is 17.4. The van der Waals surface area contributed by atoms with Crippen LogP contribution in [0.25, 0.3) is 0 Å². The molecule has 0 unspecified atom stereocenters. The number of aryl methyl sites for hydroxylation is 2. The molecule has 2 aromatic rings. The van der Waals surface area contributed by atoms with Gasteiger partial charge in [0, 0.05) is 5.41 Å². The molecule has 1 aliphatic rings. The van der Waals surface area contributed by atoms with Crippen molar-refractivity contribution < 1.29 is 14.4 Å². The zero-order chi connectivity index (χ0) is 22.7. The fourth-order valence-electron chi connectivity index (χ4n) is 3.77. The molecule has 32 heavy (non-hydrogen) atoms. The van der Waals surface area contributed by atoms with Crippen LogP contribution in [0.2, 0.25) is 0 Å². The number of aliphatic imine (C=N–C) groups is 3. The monoisotopic (exact) mass is 423 g/mol. The van der Waals surface area contributed by atoms with Gasteiger partial charge in [0.1, 0.15) is 0 Å². The van der Waals surface area contributed by atoms with Gasteiger partial charge in [-0.2, -0.15) is 15.0 Å². The first-order chi connectivity index (χ1) is 15.7. The van der Waals surface area contributed by atoms with E-state index in [0.29, 0.717) is 17.1 Å². The van der Waals surface area contributed by atoms with Gasteiger partial charge in [0.15, 0.2) is 0 Å². The van der Waals surface area contributed by atoms with Gasteiger partial charge in [-0.3, -0.25) is 0 Å². The number of carbonyl (C=O) groups excluding carboxylic acids is 3. The van der Waals surface area contributed by atoms with Crippen molar-refractivity contribution in [3.63, 3.8) is 0 Å². The Kier molecular flexibility index (Phi) is 7.91. The van der Waals surface area contributed by atoms with Crippen molar-refractivity contribution in [3.05, 3.63) is 95.7 Å². The minimum atomic E-state index is -0.368. The summed E-state index contributed by atoms with van der Waals surface area (Å²) in [5.41, 5.74) is 3.42. The number of hydrogen-bond donors (Lipinski definition) is 0. The van der Waals surface area contributed by atoms with Crippen LogP contribution in [0.3, 0.4) is 0 Å². The van der Waals surface area contributed by atoms with E-state index in [-0.39, 0.29) is 5.41 Å². The van der Waals surface area contributed by atoms with E-state index in [4.69, 9.17) is 0 Å². The lowest BCUT2D eigenvalue weighted by Crippen LogP contribution is -2.18. The van der Waals surface area contributed by atoms with E-state index in [1.807, 2.05) is 54.6 Å². The SMILES string of the molecule is O=C=NC1=CC(CCc2cccc(N=C=O)c2)(CCc2cccc(N=C=O)c2)C=CC=C1. The summed E-state index contributed by atoms with van der Waals surface area (Å²) in [6, 6.07) is 14.9. The first-order valence-corrected chi connectivity index (χ1v) is 10.2. The summed E-state index contributed by atoms with van der Waals surface area (Å²) in [6.45, 7) is 0. The Labute approximate surface area is 186 Å². The van der Waals surface area contributed by atoms with Gasteiger partial charge < -0.3 is 0 Å². The van der Waals surface area contributed by atoms with Gasteiger partial charge >= 0.3 is 0 Å². The van der Waals surface area contributed by atoms with Crippen LogP contribution in [0, 0.1) is 5.41 Å². The van der Waals surface area contributed by atoms with Gasteiger partial charge in [-0.05, 0) is 73.2 Å². The van der Waals surface area contributed by atoms with E-state index in [9.17, 15) is 14.4 Å². The van der Waals surface area contributed by atoms with Crippen LogP contribution in [0.1, 0.15) is 24.0 Å². The molecule has 1 aliphatic carbocycles. The van der Waals surface area contributed by atoms with E-state index in [2.05, 4.69) is 21.1 Å². The van der Waals surface area contributed by atoms with Gasteiger partial charge in [0.05, 0.1) is 17.1 Å². The van der Waals surface area contributed by atoms with Gasteiger partial charge in [-0.15, -0.1) is 0 Å². The second-order valence-corrected chi connectivity index (χ2v) is 7.47. The molecule has 0 aliphatic heterocycles. The van der Waals surface area contributed by atoms with E-state index >= 15 is 0 Å². The van der Waals surface area contributed by atoms with Crippen molar-refractivity contribution >= 4 is 29.6 Å². The summed E-state index contributed by atoms with van der Waals surface area (Å²) in [7, 11) is 0. The van der Waals surface area contributed by atoms with Crippen molar-refractivity contribution in [1.29, 1.82) is 0 Å². The lowest BCUT2D eigenvalue weighted by Gasteiger charge is -2.28. The maximum Gasteiger partial charge on any atom is 0.240 e. The highest BCUT2D eigenvalue weighted by molar-refractivity contribution is 5.51. The predicted octanol–water partition coefficient (Wildman–Crippen LogP) is 5.52. The summed E-state index contributed by atoms with van der Waals surface area (Å²) >= 11 is 0. The summed E-state index contributed by atoms with van der Waals surface area (Å²) in [5.74, 6) is 0. The molecule has 0 heterocycles.